The van der Waals surface area contributed by atoms with Gasteiger partial charge >= 0.3 is 5.97 Å². The van der Waals surface area contributed by atoms with Crippen LogP contribution in [0.15, 0.2) is 33.3 Å². The maximum atomic E-state index is 15.7. The minimum absolute atomic E-state index is 0.136. The van der Waals surface area contributed by atoms with Crippen molar-refractivity contribution >= 4 is 50.5 Å². The van der Waals surface area contributed by atoms with Gasteiger partial charge in [-0.3, -0.25) is 4.79 Å². The Balaban J connectivity index is 1.47. The van der Waals surface area contributed by atoms with Gasteiger partial charge in [-0.2, -0.15) is 0 Å². The molecule has 1 saturated carbocycles. The second-order valence-corrected chi connectivity index (χ2v) is 11.3. The van der Waals surface area contributed by atoms with Gasteiger partial charge in [-0.05, 0) is 30.7 Å². The van der Waals surface area contributed by atoms with E-state index in [9.17, 15) is 14.7 Å². The van der Waals surface area contributed by atoms with Crippen molar-refractivity contribution < 1.29 is 14.3 Å². The average molecular weight is 470 g/mol. The van der Waals surface area contributed by atoms with E-state index in [4.69, 9.17) is 5.73 Å². The average Bonchev–Trinajstić information content (AvgIpc) is 3.39. The molecule has 164 valence electrons. The third-order valence-corrected chi connectivity index (χ3v) is 10.1. The lowest BCUT2D eigenvalue weighted by Crippen LogP contribution is -2.55. The van der Waals surface area contributed by atoms with Gasteiger partial charge in [0, 0.05) is 41.4 Å². The number of carbonyl (C=O) groups is 1. The van der Waals surface area contributed by atoms with Crippen molar-refractivity contribution in [2.75, 3.05) is 18.0 Å². The van der Waals surface area contributed by atoms with Crippen molar-refractivity contribution in [2.24, 2.45) is 23.5 Å². The summed E-state index contributed by atoms with van der Waals surface area (Å²) in [5.41, 5.74) is 7.63. The molecule has 2 bridgehead atoms. The molecule has 32 heavy (non-hydrogen) atoms. The molecule has 4 atom stereocenters. The van der Waals surface area contributed by atoms with Gasteiger partial charge in [0.25, 0.3) is 0 Å². The monoisotopic (exact) mass is 469 g/mol. The van der Waals surface area contributed by atoms with Crippen LogP contribution in [-0.2, 0) is 5.75 Å². The number of hydrogen-bond acceptors (Lipinski definition) is 6. The van der Waals surface area contributed by atoms with Crippen molar-refractivity contribution in [3.8, 4) is 0 Å². The minimum atomic E-state index is -1.28. The molecule has 0 spiro atoms. The molecule has 5 aliphatic rings. The van der Waals surface area contributed by atoms with E-state index >= 15 is 4.39 Å². The van der Waals surface area contributed by atoms with Gasteiger partial charge in [-0.25, -0.2) is 9.18 Å². The second-order valence-electron chi connectivity index (χ2n) is 9.45. The highest BCUT2D eigenvalue weighted by atomic mass is 32.2. The summed E-state index contributed by atoms with van der Waals surface area (Å²) in [7, 11) is 0. The quantitative estimate of drug-likeness (QED) is 0.557. The SMILES string of the molecule is NC12C=CC(CC1)C1CN(c3c(F)cc4c(=O)c(C(=O)O)c5scc6n5c4c3SC6)CC12. The zero-order valence-electron chi connectivity index (χ0n) is 17.0. The third kappa shape index (κ3) is 2.24. The fourth-order valence-electron chi connectivity index (χ4n) is 6.45. The molecule has 1 aromatic carbocycles. The maximum absolute atomic E-state index is 15.7. The first-order valence-corrected chi connectivity index (χ1v) is 12.6. The van der Waals surface area contributed by atoms with Gasteiger partial charge in [0.2, 0.25) is 5.43 Å². The number of pyridine rings is 1. The Bertz CT molecular complexity index is 1460. The van der Waals surface area contributed by atoms with Crippen LogP contribution in [0.1, 0.15) is 28.9 Å². The summed E-state index contributed by atoms with van der Waals surface area (Å²) in [4.78, 5) is 28.2. The summed E-state index contributed by atoms with van der Waals surface area (Å²) in [6.45, 7) is 1.44. The van der Waals surface area contributed by atoms with Crippen molar-refractivity contribution in [2.45, 2.75) is 29.0 Å². The molecule has 2 aliphatic heterocycles. The van der Waals surface area contributed by atoms with Gasteiger partial charge < -0.3 is 20.1 Å². The summed E-state index contributed by atoms with van der Waals surface area (Å²) < 4.78 is 17.5. The normalized spacial score (nSPS) is 30.1. The topological polar surface area (TPSA) is 88.0 Å². The molecular weight excluding hydrogens is 449 g/mol. The van der Waals surface area contributed by atoms with Crippen molar-refractivity contribution in [1.29, 1.82) is 0 Å². The van der Waals surface area contributed by atoms with E-state index < -0.39 is 17.2 Å². The van der Waals surface area contributed by atoms with Crippen LogP contribution in [0.25, 0.3) is 15.7 Å². The van der Waals surface area contributed by atoms with Crippen LogP contribution in [-0.4, -0.2) is 34.1 Å². The number of nitrogens with zero attached hydrogens (tertiary/aromatic N) is 2. The zero-order valence-corrected chi connectivity index (χ0v) is 18.6. The third-order valence-electron chi connectivity index (χ3n) is 7.95. The Kier molecular flexibility index (Phi) is 3.68. The fraction of sp³-hybridized carbons (Fsp3) is 0.391. The first-order valence-electron chi connectivity index (χ1n) is 10.8. The number of allylic oxidation sites excluding steroid dienone is 1. The Morgan fingerprint density at radius 2 is 2.19 bits per heavy atom. The Hall–Kier alpha value is -2.36. The molecule has 3 aromatic rings. The smallest absolute Gasteiger partial charge is 0.342 e. The van der Waals surface area contributed by atoms with Gasteiger partial charge in [0.15, 0.2) is 0 Å². The number of hydrogen-bond donors (Lipinski definition) is 2. The number of nitrogens with two attached hydrogens (primary N) is 1. The van der Waals surface area contributed by atoms with Crippen LogP contribution >= 0.6 is 23.1 Å². The second kappa shape index (κ2) is 6.15. The number of rotatable bonds is 2. The molecule has 3 aliphatic carbocycles. The summed E-state index contributed by atoms with van der Waals surface area (Å²) in [5, 5.41) is 11.7. The lowest BCUT2D eigenvalue weighted by Gasteiger charge is -2.47. The molecular formula is C23H20FN3O3S2. The Morgan fingerprint density at radius 3 is 2.91 bits per heavy atom. The van der Waals surface area contributed by atoms with Crippen molar-refractivity contribution in [3.05, 3.63) is 50.9 Å². The van der Waals surface area contributed by atoms with Gasteiger partial charge in [-0.15, -0.1) is 23.1 Å². The zero-order chi connectivity index (χ0) is 21.9. The van der Waals surface area contributed by atoms with E-state index in [0.29, 0.717) is 40.2 Å². The molecule has 2 fully saturated rings. The molecule has 1 saturated heterocycles. The molecule has 4 heterocycles. The number of thiazole rings is 1. The largest absolute Gasteiger partial charge is 0.477 e. The highest BCUT2D eigenvalue weighted by Gasteiger charge is 2.53. The van der Waals surface area contributed by atoms with E-state index in [2.05, 4.69) is 17.1 Å². The number of fused-ring (bicyclic) bond motifs is 1. The van der Waals surface area contributed by atoms with Crippen LogP contribution in [0.4, 0.5) is 10.1 Å². The fourth-order valence-corrected chi connectivity index (χ4v) is 8.81. The van der Waals surface area contributed by atoms with Crippen LogP contribution < -0.4 is 16.1 Å². The highest BCUT2D eigenvalue weighted by Crippen LogP contribution is 2.52. The van der Waals surface area contributed by atoms with E-state index in [1.807, 2.05) is 9.78 Å². The van der Waals surface area contributed by atoms with Gasteiger partial charge in [0.1, 0.15) is 16.2 Å². The standard InChI is InChI=1S/C23H20FN3O3S2/c24-15-5-12-17-20(31-8-11-9-32-21(27(11)17)16(19(12)28)22(29)30)18(15)26-6-13-10-1-3-23(25,4-2-10)14(13)7-26/h1,3,5,9-10,13-14H,2,4,6-8,25H2,(H,29,30). The van der Waals surface area contributed by atoms with E-state index in [-0.39, 0.29) is 22.4 Å². The summed E-state index contributed by atoms with van der Waals surface area (Å²) in [6.07, 6.45) is 6.46. The number of aromatic nitrogens is 1. The summed E-state index contributed by atoms with van der Waals surface area (Å²) in [5.74, 6) is 0.0453. The van der Waals surface area contributed by atoms with E-state index in [1.165, 1.54) is 29.2 Å². The molecule has 0 amide bonds. The minimum Gasteiger partial charge on any atom is -0.477 e. The number of anilines is 1. The van der Waals surface area contributed by atoms with Crippen molar-refractivity contribution in [3.63, 3.8) is 0 Å². The van der Waals surface area contributed by atoms with Crippen LogP contribution in [0.5, 0.6) is 0 Å². The van der Waals surface area contributed by atoms with Crippen molar-refractivity contribution in [1.82, 2.24) is 4.40 Å². The summed E-state index contributed by atoms with van der Waals surface area (Å²) >= 11 is 2.79. The molecule has 3 N–H and O–H groups in total. The van der Waals surface area contributed by atoms with Crippen LogP contribution in [0, 0.1) is 23.6 Å². The lowest BCUT2D eigenvalue weighted by molar-refractivity contribution is 0.0697. The molecule has 4 unspecified atom stereocenters. The predicted octanol–water partition coefficient (Wildman–Crippen LogP) is 3.69. The van der Waals surface area contributed by atoms with Crippen LogP contribution in [0.2, 0.25) is 0 Å². The number of carboxylic acid groups (broad SMARTS) is 1. The predicted molar refractivity (Wildman–Crippen MR) is 124 cm³/mol. The molecule has 9 heteroatoms. The molecule has 6 nitrogen and oxygen atoms in total. The summed E-state index contributed by atoms with van der Waals surface area (Å²) in [6, 6.07) is 1.25. The number of thioether (sulfide) groups is 1. The maximum Gasteiger partial charge on any atom is 0.342 e. The van der Waals surface area contributed by atoms with Gasteiger partial charge in [-0.1, -0.05) is 12.2 Å². The van der Waals surface area contributed by atoms with E-state index in [0.717, 1.165) is 30.0 Å². The number of aromatic carboxylic acids is 1. The highest BCUT2D eigenvalue weighted by molar-refractivity contribution is 7.99. The Morgan fingerprint density at radius 1 is 1.34 bits per heavy atom. The van der Waals surface area contributed by atoms with Crippen LogP contribution in [0.3, 0.4) is 0 Å². The molecule has 2 aromatic heterocycles. The molecule has 0 radical (unpaired) electrons. The van der Waals surface area contributed by atoms with E-state index in [1.54, 1.807) is 0 Å². The number of carboxylic acids is 1. The molecule has 8 rings (SSSR count). The number of halogens is 1. The Labute approximate surface area is 190 Å². The lowest BCUT2D eigenvalue weighted by atomic mass is 9.60. The first-order chi connectivity index (χ1) is 15.4. The first kappa shape index (κ1) is 19.1. The van der Waals surface area contributed by atoms with Gasteiger partial charge in [0.05, 0.1) is 21.5 Å². The number of benzene rings is 1.